The van der Waals surface area contributed by atoms with Gasteiger partial charge in [0, 0.05) is 50.7 Å². The largest absolute Gasteiger partial charge is 0.309 e. The number of nitrogens with one attached hydrogen (secondary N) is 1. The van der Waals surface area contributed by atoms with Crippen LogP contribution in [0.5, 0.6) is 0 Å². The molecule has 0 bridgehead atoms. The first-order valence-corrected chi connectivity index (χ1v) is 9.26. The second-order valence-corrected chi connectivity index (χ2v) is 6.94. The van der Waals surface area contributed by atoms with E-state index in [4.69, 9.17) is 4.98 Å². The van der Waals surface area contributed by atoms with E-state index in [1.54, 1.807) is 18.5 Å². The van der Waals surface area contributed by atoms with Crippen molar-refractivity contribution >= 4 is 11.8 Å². The van der Waals surface area contributed by atoms with Crippen LogP contribution in [0.2, 0.25) is 0 Å². The second-order valence-electron chi connectivity index (χ2n) is 6.94. The third-order valence-corrected chi connectivity index (χ3v) is 4.90. The number of hydrogen-bond acceptors (Lipinski definition) is 7. The predicted octanol–water partition coefficient (Wildman–Crippen LogP) is 2.43. The fourth-order valence-corrected chi connectivity index (χ4v) is 3.57. The van der Waals surface area contributed by atoms with Crippen LogP contribution in [0.15, 0.2) is 36.8 Å². The van der Waals surface area contributed by atoms with E-state index in [1.165, 1.54) is 5.69 Å². The van der Waals surface area contributed by atoms with Gasteiger partial charge in [0.25, 0.3) is 0 Å². The molecule has 1 aliphatic rings. The Bertz CT molecular complexity index is 892. The summed E-state index contributed by atoms with van der Waals surface area (Å²) in [6.45, 7) is 4.94. The van der Waals surface area contributed by atoms with Gasteiger partial charge in [-0.15, -0.1) is 0 Å². The van der Waals surface area contributed by atoms with Gasteiger partial charge in [-0.1, -0.05) is 0 Å². The van der Waals surface area contributed by atoms with Crippen LogP contribution in [-0.2, 0) is 13.6 Å². The van der Waals surface area contributed by atoms with E-state index in [1.807, 2.05) is 30.9 Å². The fourth-order valence-electron chi connectivity index (χ4n) is 3.57. The minimum absolute atomic E-state index is 0.394. The minimum atomic E-state index is 0.394. The van der Waals surface area contributed by atoms with Crippen molar-refractivity contribution in [2.24, 2.45) is 7.05 Å². The van der Waals surface area contributed by atoms with Gasteiger partial charge in [0.15, 0.2) is 0 Å². The molecule has 27 heavy (non-hydrogen) atoms. The zero-order chi connectivity index (χ0) is 18.6. The molecule has 0 amide bonds. The van der Waals surface area contributed by atoms with Gasteiger partial charge in [0.1, 0.15) is 11.6 Å². The van der Waals surface area contributed by atoms with Crippen LogP contribution in [0.4, 0.5) is 11.8 Å². The molecule has 4 heterocycles. The summed E-state index contributed by atoms with van der Waals surface area (Å²) in [5.74, 6) is 2.44. The van der Waals surface area contributed by atoms with Crippen molar-refractivity contribution in [3.8, 4) is 0 Å². The summed E-state index contributed by atoms with van der Waals surface area (Å²) in [5, 5.41) is 7.45. The van der Waals surface area contributed by atoms with E-state index in [0.717, 1.165) is 49.8 Å². The molecule has 1 aliphatic heterocycles. The topological polar surface area (TPSA) is 84.7 Å². The zero-order valence-electron chi connectivity index (χ0n) is 15.7. The average molecular weight is 364 g/mol. The quantitative estimate of drug-likeness (QED) is 0.744. The van der Waals surface area contributed by atoms with E-state index < -0.39 is 0 Å². The first-order valence-electron chi connectivity index (χ1n) is 9.26. The Kier molecular flexibility index (Phi) is 5.06. The van der Waals surface area contributed by atoms with E-state index in [0.29, 0.717) is 11.9 Å². The third kappa shape index (κ3) is 4.28. The van der Waals surface area contributed by atoms with Gasteiger partial charge in [0.2, 0.25) is 5.95 Å². The molecule has 1 N–H and O–H groups in total. The Morgan fingerprint density at radius 1 is 1.19 bits per heavy atom. The highest BCUT2D eigenvalue weighted by molar-refractivity contribution is 5.48. The predicted molar refractivity (Wildman–Crippen MR) is 103 cm³/mol. The monoisotopic (exact) mass is 364 g/mol. The molecule has 8 nitrogen and oxygen atoms in total. The number of hydrogen-bond donors (Lipinski definition) is 1. The molecule has 8 heteroatoms. The molecule has 0 radical (unpaired) electrons. The molecule has 0 spiro atoms. The molecule has 1 atom stereocenters. The van der Waals surface area contributed by atoms with Crippen molar-refractivity contribution in [1.29, 1.82) is 0 Å². The Hall–Kier alpha value is -2.87. The highest BCUT2D eigenvalue weighted by Crippen LogP contribution is 2.28. The molecule has 1 fully saturated rings. The molecule has 0 saturated carbocycles. The van der Waals surface area contributed by atoms with Crippen molar-refractivity contribution in [1.82, 2.24) is 34.6 Å². The van der Waals surface area contributed by atoms with Gasteiger partial charge in [-0.3, -0.25) is 9.58 Å². The Labute approximate surface area is 158 Å². The zero-order valence-corrected chi connectivity index (χ0v) is 15.7. The standard InChI is InChI=1S/C19H24N8/c1-14-23-17(11-18(24-14)25-19-20-7-4-8-21-19)15-5-3-10-27(12-15)13-16-6-9-22-26(16)2/h4,6-9,11,15H,3,5,10,12-13H2,1-2H3,(H,20,21,23,24,25). The molecule has 3 aromatic heterocycles. The summed E-state index contributed by atoms with van der Waals surface area (Å²) in [6.07, 6.45) is 7.58. The Balaban J connectivity index is 1.49. The lowest BCUT2D eigenvalue weighted by atomic mass is 9.94. The van der Waals surface area contributed by atoms with Crippen LogP contribution in [0.25, 0.3) is 0 Å². The maximum absolute atomic E-state index is 4.71. The summed E-state index contributed by atoms with van der Waals surface area (Å²) < 4.78 is 1.94. The normalized spacial score (nSPS) is 17.8. The van der Waals surface area contributed by atoms with E-state index in [-0.39, 0.29) is 0 Å². The van der Waals surface area contributed by atoms with Crippen LogP contribution in [0.3, 0.4) is 0 Å². The summed E-state index contributed by atoms with van der Waals surface area (Å²) >= 11 is 0. The molecule has 140 valence electrons. The number of nitrogens with zero attached hydrogens (tertiary/aromatic N) is 7. The SMILES string of the molecule is Cc1nc(Nc2ncccn2)cc(C2CCCN(Cc3ccnn3C)C2)n1. The summed E-state index contributed by atoms with van der Waals surface area (Å²) in [4.78, 5) is 20.1. The van der Waals surface area contributed by atoms with Crippen molar-refractivity contribution in [3.63, 3.8) is 0 Å². The van der Waals surface area contributed by atoms with E-state index >= 15 is 0 Å². The van der Waals surface area contributed by atoms with Crippen molar-refractivity contribution < 1.29 is 0 Å². The van der Waals surface area contributed by atoms with Crippen LogP contribution in [0.1, 0.15) is 36.0 Å². The Morgan fingerprint density at radius 3 is 2.81 bits per heavy atom. The van der Waals surface area contributed by atoms with Crippen LogP contribution < -0.4 is 5.32 Å². The van der Waals surface area contributed by atoms with Gasteiger partial charge in [0.05, 0.1) is 11.4 Å². The lowest BCUT2D eigenvalue weighted by Gasteiger charge is -2.32. The fraction of sp³-hybridized carbons (Fsp3) is 0.421. The van der Waals surface area contributed by atoms with E-state index in [9.17, 15) is 0 Å². The molecule has 3 aromatic rings. The highest BCUT2D eigenvalue weighted by atomic mass is 15.3. The summed E-state index contributed by atoms with van der Waals surface area (Å²) in [5.41, 5.74) is 2.31. The number of piperidine rings is 1. The lowest BCUT2D eigenvalue weighted by molar-refractivity contribution is 0.194. The molecule has 0 aromatic carbocycles. The number of likely N-dealkylation sites (tertiary alicyclic amines) is 1. The van der Waals surface area contributed by atoms with E-state index in [2.05, 4.69) is 36.3 Å². The van der Waals surface area contributed by atoms with Crippen LogP contribution in [-0.4, -0.2) is 47.7 Å². The number of aryl methyl sites for hydroxylation is 2. The summed E-state index contributed by atoms with van der Waals surface area (Å²) in [7, 11) is 1.99. The molecule has 4 rings (SSSR count). The van der Waals surface area contributed by atoms with Gasteiger partial charge >= 0.3 is 0 Å². The second kappa shape index (κ2) is 7.79. The van der Waals surface area contributed by atoms with Gasteiger partial charge in [-0.25, -0.2) is 19.9 Å². The first-order chi connectivity index (χ1) is 13.2. The molecular weight excluding hydrogens is 340 g/mol. The van der Waals surface area contributed by atoms with Crippen molar-refractivity contribution in [2.45, 2.75) is 32.2 Å². The maximum atomic E-state index is 4.71. The van der Waals surface area contributed by atoms with Crippen LogP contribution >= 0.6 is 0 Å². The summed E-state index contributed by atoms with van der Waals surface area (Å²) in [6, 6.07) is 5.91. The number of rotatable bonds is 5. The maximum Gasteiger partial charge on any atom is 0.228 e. The highest BCUT2D eigenvalue weighted by Gasteiger charge is 2.24. The smallest absolute Gasteiger partial charge is 0.228 e. The van der Waals surface area contributed by atoms with Crippen molar-refractivity contribution in [2.75, 3.05) is 18.4 Å². The average Bonchev–Trinajstić information content (AvgIpc) is 3.07. The minimum Gasteiger partial charge on any atom is -0.309 e. The molecule has 1 unspecified atom stereocenters. The first kappa shape index (κ1) is 17.5. The van der Waals surface area contributed by atoms with Gasteiger partial charge in [-0.2, -0.15) is 5.10 Å². The van der Waals surface area contributed by atoms with Crippen LogP contribution in [0, 0.1) is 6.92 Å². The number of anilines is 2. The van der Waals surface area contributed by atoms with Gasteiger partial charge in [-0.05, 0) is 38.4 Å². The lowest BCUT2D eigenvalue weighted by Crippen LogP contribution is -2.34. The van der Waals surface area contributed by atoms with Gasteiger partial charge < -0.3 is 5.32 Å². The van der Waals surface area contributed by atoms with Crippen molar-refractivity contribution in [3.05, 3.63) is 54.0 Å². The molecular formula is C19H24N8. The number of aromatic nitrogens is 6. The Morgan fingerprint density at radius 2 is 2.04 bits per heavy atom. The molecule has 1 saturated heterocycles. The third-order valence-electron chi connectivity index (χ3n) is 4.90. The molecule has 0 aliphatic carbocycles.